The molecular weight excluding hydrogens is 1000 g/mol. The Hall–Kier alpha value is -3.13. The number of hydrogen-bond donors (Lipinski definition) is 0. The Bertz CT molecular complexity index is 3710. The van der Waals surface area contributed by atoms with E-state index in [1.54, 1.807) is 66.7 Å². The van der Waals surface area contributed by atoms with Crippen molar-refractivity contribution in [2.24, 2.45) is 10.2 Å². The molecule has 0 aliphatic heterocycles. The van der Waals surface area contributed by atoms with E-state index in [1.165, 1.54) is 46.0 Å². The van der Waals surface area contributed by atoms with Crippen molar-refractivity contribution in [3.8, 4) is 11.4 Å². The molecule has 322 valence electrons. The van der Waals surface area contributed by atoms with Gasteiger partial charge in [0.05, 0.1) is 44.6 Å². The van der Waals surface area contributed by atoms with Crippen LogP contribution in [-0.2, 0) is 40.2 Å². The molecule has 0 amide bonds. The molecule has 0 bridgehead atoms. The first-order valence-electron chi connectivity index (χ1n) is 17.9. The summed E-state index contributed by atoms with van der Waals surface area (Å²) in [6, 6.07) is 35.6. The zero-order chi connectivity index (χ0) is 45.2. The predicted octanol–water partition coefficient (Wildman–Crippen LogP) is -6.10. The zero-order valence-electron chi connectivity index (χ0n) is 35.8. The van der Waals surface area contributed by atoms with Crippen LogP contribution in [0.1, 0.15) is 11.1 Å². The molecule has 9 aromatic rings. The van der Waals surface area contributed by atoms with Gasteiger partial charge in [0.2, 0.25) is 0 Å². The molecule has 28 heteroatoms. The first kappa shape index (κ1) is 57.4. The number of fused-ring (bicyclic) bond motifs is 6. The van der Waals surface area contributed by atoms with E-state index in [-0.39, 0.29) is 134 Å². The summed E-state index contributed by atoms with van der Waals surface area (Å²) < 4.78 is 102. The summed E-state index contributed by atoms with van der Waals surface area (Å²) in [5, 5.41) is 43.8. The van der Waals surface area contributed by atoms with Crippen molar-refractivity contribution < 1.29 is 171 Å². The molecule has 0 saturated heterocycles. The van der Waals surface area contributed by atoms with Gasteiger partial charge in [-0.05, 0) is 83.2 Å². The van der Waals surface area contributed by atoms with Crippen LogP contribution in [0.3, 0.4) is 0 Å². The normalized spacial score (nSPS) is 11.5. The minimum absolute atomic E-state index is 0. The maximum absolute atomic E-state index is 12.4. The van der Waals surface area contributed by atoms with E-state index >= 15 is 0 Å². The molecule has 0 unspecified atom stereocenters. The van der Waals surface area contributed by atoms with Crippen LogP contribution in [0.2, 0.25) is 0 Å². The Morgan fingerprint density at radius 1 is 0.632 bits per heavy atom. The van der Waals surface area contributed by atoms with Gasteiger partial charge in [-0.3, -0.25) is 5.04 Å². The van der Waals surface area contributed by atoms with E-state index in [0.29, 0.717) is 72.4 Å². The van der Waals surface area contributed by atoms with E-state index in [2.05, 4.69) is 46.1 Å². The Balaban J connectivity index is 0.00000121. The molecule has 0 N–H and O–H groups in total. The molecule has 0 fully saturated rings. The third kappa shape index (κ3) is 13.6. The quantitative estimate of drug-likeness (QED) is 0.0170. The van der Waals surface area contributed by atoms with E-state index in [0.717, 1.165) is 16.8 Å². The third-order valence-electron chi connectivity index (χ3n) is 9.26. The summed E-state index contributed by atoms with van der Waals surface area (Å²) in [6.45, 7) is 0. The van der Waals surface area contributed by atoms with Crippen molar-refractivity contribution >= 4 is 110 Å². The second kappa shape index (κ2) is 24.8. The fourth-order valence-electron chi connectivity index (χ4n) is 6.43. The SMILES string of the molecule is O=S(=O)([O-])c1ccc2c(ccc3nn(-c4ccc(N=Nc5ccc(C=Cc6ccc(-n7nc8c[c-]c9ccccc9c8n7)cc6SOO[O-])c(S(=O)(=O)[O-])c5)cc4)nc32)c1.O=S(=O)=O.[Na+].[Na+].[Na+].[Na+]. The number of benzene rings is 7. The molecule has 0 spiro atoms. The predicted molar refractivity (Wildman–Crippen MR) is 225 cm³/mol. The fraction of sp³-hybridized carbons (Fsp3) is 0. The van der Waals surface area contributed by atoms with Crippen molar-refractivity contribution in [1.29, 1.82) is 0 Å². The average Bonchev–Trinajstić information content (AvgIpc) is 3.92. The van der Waals surface area contributed by atoms with E-state index in [4.69, 9.17) is 12.6 Å². The van der Waals surface area contributed by atoms with Gasteiger partial charge >= 0.3 is 129 Å². The van der Waals surface area contributed by atoms with Gasteiger partial charge in [-0.25, -0.2) is 16.8 Å². The standard InChI is InChI=1S/C40H25N8O9S3.4Na.O3S/c49-56-57-58-37-23-31(48-44-35-19-9-24-3-1-2-4-33(24)39(35)46-48)14-8-25(37)5-6-26-7-11-29(22-38(26)60(53,54)55)42-41-28-12-15-30(16-13-28)47-43-36-20-10-27-21-32(59(50,51)52)17-18-34(27)40(36)45-47;;;;;1-4(2)3/h1-8,10-23,49H,(H,50,51,52)(H,53,54,55);;;;;/q-1;4*+1;/p-3. The van der Waals surface area contributed by atoms with Crippen molar-refractivity contribution in [2.45, 2.75) is 14.7 Å². The van der Waals surface area contributed by atoms with Gasteiger partial charge in [0.1, 0.15) is 31.3 Å². The smallest absolute Gasteiger partial charge is 0.744 e. The van der Waals surface area contributed by atoms with E-state index in [9.17, 15) is 31.2 Å². The van der Waals surface area contributed by atoms with Gasteiger partial charge in [0.15, 0.2) is 0 Å². The van der Waals surface area contributed by atoms with Crippen LogP contribution in [-0.4, -0.2) is 68.6 Å². The monoisotopic (exact) mass is 1030 g/mol. The molecule has 9 rings (SSSR count). The minimum atomic E-state index is -4.98. The maximum atomic E-state index is 12.4. The molecule has 2 aromatic heterocycles. The molecule has 0 saturated carbocycles. The van der Waals surface area contributed by atoms with Crippen LogP contribution in [0.4, 0.5) is 11.4 Å². The Morgan fingerprint density at radius 2 is 1.24 bits per heavy atom. The Morgan fingerprint density at radius 3 is 1.93 bits per heavy atom. The summed E-state index contributed by atoms with van der Waals surface area (Å²) >= 11 is 0.617. The molecule has 0 radical (unpaired) electrons. The topological polar surface area (TPSA) is 293 Å². The Labute approximate surface area is 480 Å². The molecule has 0 aliphatic rings. The van der Waals surface area contributed by atoms with Crippen LogP contribution in [0.15, 0.2) is 146 Å². The van der Waals surface area contributed by atoms with Crippen molar-refractivity contribution in [3.63, 3.8) is 0 Å². The number of hydrogen-bond acceptors (Lipinski definition) is 19. The average molecular weight is 1030 g/mol. The second-order valence-corrected chi connectivity index (χ2v) is 17.1. The van der Waals surface area contributed by atoms with Gasteiger partial charge in [-0.15, -0.1) is 52.5 Å². The fourth-order valence-corrected chi connectivity index (χ4v) is 8.13. The van der Waals surface area contributed by atoms with Crippen molar-refractivity contribution in [2.75, 3.05) is 0 Å². The van der Waals surface area contributed by atoms with Gasteiger partial charge in [0, 0.05) is 21.3 Å². The first-order chi connectivity index (χ1) is 30.6. The largest absolute Gasteiger partial charge is 1.00 e. The Kier molecular flexibility index (Phi) is 21.0. The summed E-state index contributed by atoms with van der Waals surface area (Å²) in [4.78, 5) is 2.32. The van der Waals surface area contributed by atoms with Crippen LogP contribution in [0.25, 0.3) is 67.1 Å². The van der Waals surface area contributed by atoms with E-state index in [1.807, 2.05) is 24.3 Å². The summed E-state index contributed by atoms with van der Waals surface area (Å²) in [7, 11) is -12.7. The molecule has 0 atom stereocenters. The van der Waals surface area contributed by atoms with Gasteiger partial charge in [-0.2, -0.15) is 34.4 Å². The molecular formula is C40H22N8Na4O12S4. The molecule has 0 aliphatic carbocycles. The van der Waals surface area contributed by atoms with Crippen LogP contribution < -0.4 is 123 Å². The number of azo groups is 1. The third-order valence-corrected chi connectivity index (χ3v) is 11.6. The second-order valence-electron chi connectivity index (χ2n) is 13.2. The van der Waals surface area contributed by atoms with Gasteiger partial charge < -0.3 is 14.4 Å². The maximum Gasteiger partial charge on any atom is 1.00 e. The first-order valence-corrected chi connectivity index (χ1v) is 22.5. The zero-order valence-corrected chi connectivity index (χ0v) is 47.1. The minimum Gasteiger partial charge on any atom is -0.744 e. The number of aromatic nitrogens is 6. The summed E-state index contributed by atoms with van der Waals surface area (Å²) in [5.41, 5.74) is 4.46. The van der Waals surface area contributed by atoms with E-state index < -0.39 is 35.7 Å². The number of nitrogens with zero attached hydrogens (tertiary/aromatic N) is 8. The molecule has 68 heavy (non-hydrogen) atoms. The molecule has 2 heterocycles. The summed E-state index contributed by atoms with van der Waals surface area (Å²) in [5.74, 6) is 0. The van der Waals surface area contributed by atoms with Crippen LogP contribution >= 0.6 is 12.0 Å². The van der Waals surface area contributed by atoms with Crippen molar-refractivity contribution in [3.05, 3.63) is 139 Å². The summed E-state index contributed by atoms with van der Waals surface area (Å²) in [6.07, 6.45) is 2.97. The van der Waals surface area contributed by atoms with Gasteiger partial charge in [0.25, 0.3) is 0 Å². The van der Waals surface area contributed by atoms with Crippen molar-refractivity contribution in [1.82, 2.24) is 30.0 Å². The van der Waals surface area contributed by atoms with Crippen LogP contribution in [0, 0.1) is 6.07 Å². The molecule has 20 nitrogen and oxygen atoms in total. The number of rotatable bonds is 11. The van der Waals surface area contributed by atoms with Crippen LogP contribution in [0.5, 0.6) is 0 Å². The van der Waals surface area contributed by atoms with Gasteiger partial charge in [-0.1, -0.05) is 53.9 Å². The molecule has 7 aromatic carbocycles.